The van der Waals surface area contributed by atoms with Crippen molar-refractivity contribution in [3.05, 3.63) is 64.2 Å². The number of hydrogen-bond acceptors (Lipinski definition) is 2. The van der Waals surface area contributed by atoms with Gasteiger partial charge in [0.1, 0.15) is 0 Å². The average Bonchev–Trinajstić information content (AvgIpc) is 2.37. The Hall–Kier alpha value is -0.960. The number of hydrogen-bond donors (Lipinski definition) is 1. The molecule has 18 heavy (non-hydrogen) atoms. The van der Waals surface area contributed by atoms with Crippen molar-refractivity contribution in [2.24, 2.45) is 0 Å². The fourth-order valence-corrected chi connectivity index (χ4v) is 2.94. The van der Waals surface area contributed by atoms with Crippen LogP contribution in [0.3, 0.4) is 0 Å². The minimum atomic E-state index is 0.0245. The lowest BCUT2D eigenvalue weighted by Gasteiger charge is -2.08. The van der Waals surface area contributed by atoms with Gasteiger partial charge in [-0.25, -0.2) is 0 Å². The quantitative estimate of drug-likeness (QED) is 0.835. The number of aliphatic hydroxyl groups excluding tert-OH is 1. The van der Waals surface area contributed by atoms with Gasteiger partial charge in [0.25, 0.3) is 0 Å². The van der Waals surface area contributed by atoms with Gasteiger partial charge in [-0.05, 0) is 36.2 Å². The van der Waals surface area contributed by atoms with Crippen molar-refractivity contribution in [3.63, 3.8) is 0 Å². The summed E-state index contributed by atoms with van der Waals surface area (Å²) in [7, 11) is 0. The normalized spacial score (nSPS) is 10.6. The highest BCUT2D eigenvalue weighted by Crippen LogP contribution is 2.28. The minimum absolute atomic E-state index is 0.0245. The van der Waals surface area contributed by atoms with E-state index in [9.17, 15) is 5.11 Å². The Bertz CT molecular complexity index is 540. The van der Waals surface area contributed by atoms with Crippen molar-refractivity contribution in [2.45, 2.75) is 24.2 Å². The van der Waals surface area contributed by atoms with E-state index in [0.29, 0.717) is 5.02 Å². The van der Waals surface area contributed by atoms with Crippen molar-refractivity contribution in [3.8, 4) is 0 Å². The Balaban J connectivity index is 2.10. The first-order valence-electron chi connectivity index (χ1n) is 5.76. The second-order valence-electron chi connectivity index (χ2n) is 4.19. The van der Waals surface area contributed by atoms with Crippen molar-refractivity contribution in [1.82, 2.24) is 0 Å². The van der Waals surface area contributed by atoms with Crippen LogP contribution in [0.25, 0.3) is 0 Å². The first-order valence-corrected chi connectivity index (χ1v) is 7.13. The molecular weight excluding hydrogens is 264 g/mol. The molecule has 94 valence electrons. The molecule has 3 heteroatoms. The standard InChI is InChI=1S/C15H15ClOS/c1-11-3-2-4-12(7-11)10-18-15-6-5-14(16)8-13(15)9-17/h2-8,17H,9-10H2,1H3. The lowest BCUT2D eigenvalue weighted by Crippen LogP contribution is -1.89. The number of halogens is 1. The summed E-state index contributed by atoms with van der Waals surface area (Å²) in [5.41, 5.74) is 3.45. The highest BCUT2D eigenvalue weighted by molar-refractivity contribution is 7.98. The number of aliphatic hydroxyl groups is 1. The van der Waals surface area contributed by atoms with Gasteiger partial charge in [-0.2, -0.15) is 0 Å². The number of aryl methyl sites for hydroxylation is 1. The predicted octanol–water partition coefficient (Wildman–Crippen LogP) is 4.43. The maximum absolute atomic E-state index is 9.31. The number of benzene rings is 2. The first-order chi connectivity index (χ1) is 8.69. The third-order valence-electron chi connectivity index (χ3n) is 2.67. The molecule has 0 saturated carbocycles. The molecule has 0 bridgehead atoms. The molecule has 0 aliphatic carbocycles. The van der Waals surface area contributed by atoms with Gasteiger partial charge in [-0.15, -0.1) is 11.8 Å². The molecule has 2 rings (SSSR count). The van der Waals surface area contributed by atoms with Gasteiger partial charge in [0.15, 0.2) is 0 Å². The maximum Gasteiger partial charge on any atom is 0.0693 e. The van der Waals surface area contributed by atoms with Gasteiger partial charge in [0, 0.05) is 15.7 Å². The zero-order chi connectivity index (χ0) is 13.0. The second-order valence-corrected chi connectivity index (χ2v) is 5.64. The van der Waals surface area contributed by atoms with E-state index in [0.717, 1.165) is 16.2 Å². The van der Waals surface area contributed by atoms with Crippen LogP contribution in [-0.4, -0.2) is 5.11 Å². The molecule has 0 aliphatic rings. The van der Waals surface area contributed by atoms with E-state index in [-0.39, 0.29) is 6.61 Å². The lowest BCUT2D eigenvalue weighted by molar-refractivity contribution is 0.279. The van der Waals surface area contributed by atoms with Crippen molar-refractivity contribution in [1.29, 1.82) is 0 Å². The van der Waals surface area contributed by atoms with E-state index in [4.69, 9.17) is 11.6 Å². The molecule has 0 radical (unpaired) electrons. The Morgan fingerprint density at radius 3 is 2.72 bits per heavy atom. The van der Waals surface area contributed by atoms with E-state index >= 15 is 0 Å². The second kappa shape index (κ2) is 6.28. The fourth-order valence-electron chi connectivity index (χ4n) is 1.78. The zero-order valence-electron chi connectivity index (χ0n) is 10.2. The molecule has 0 saturated heterocycles. The highest BCUT2D eigenvalue weighted by atomic mass is 35.5. The van der Waals surface area contributed by atoms with Crippen molar-refractivity contribution < 1.29 is 5.11 Å². The lowest BCUT2D eigenvalue weighted by atomic mass is 10.2. The van der Waals surface area contributed by atoms with Crippen LogP contribution in [0, 0.1) is 6.92 Å². The van der Waals surface area contributed by atoms with E-state index in [1.54, 1.807) is 11.8 Å². The molecule has 0 fully saturated rings. The summed E-state index contributed by atoms with van der Waals surface area (Å²) in [4.78, 5) is 1.09. The Kier molecular flexibility index (Phi) is 4.70. The molecule has 2 aromatic carbocycles. The summed E-state index contributed by atoms with van der Waals surface area (Å²) in [5.74, 6) is 0.899. The third kappa shape index (κ3) is 3.52. The molecule has 1 N–H and O–H groups in total. The smallest absolute Gasteiger partial charge is 0.0693 e. The van der Waals surface area contributed by atoms with Gasteiger partial charge in [-0.3, -0.25) is 0 Å². The van der Waals surface area contributed by atoms with E-state index in [1.165, 1.54) is 11.1 Å². The molecule has 0 spiro atoms. The first kappa shape index (κ1) is 13.5. The monoisotopic (exact) mass is 278 g/mol. The molecule has 2 aromatic rings. The minimum Gasteiger partial charge on any atom is -0.392 e. The Morgan fingerprint density at radius 2 is 2.00 bits per heavy atom. The Labute approximate surface area is 117 Å². The topological polar surface area (TPSA) is 20.2 Å². The van der Waals surface area contributed by atoms with Crippen LogP contribution in [0.1, 0.15) is 16.7 Å². The van der Waals surface area contributed by atoms with Gasteiger partial charge >= 0.3 is 0 Å². The summed E-state index contributed by atoms with van der Waals surface area (Å²) in [5, 5.41) is 9.98. The maximum atomic E-state index is 9.31. The van der Waals surface area contributed by atoms with Gasteiger partial charge < -0.3 is 5.11 Å². The van der Waals surface area contributed by atoms with E-state index in [1.807, 2.05) is 18.2 Å². The predicted molar refractivity (Wildman–Crippen MR) is 78.1 cm³/mol. The number of rotatable bonds is 4. The number of thioether (sulfide) groups is 1. The molecule has 0 amide bonds. The molecule has 0 aromatic heterocycles. The summed E-state index contributed by atoms with van der Waals surface area (Å²) >= 11 is 7.64. The highest BCUT2D eigenvalue weighted by Gasteiger charge is 2.04. The van der Waals surface area contributed by atoms with Crippen LogP contribution < -0.4 is 0 Å². The fraction of sp³-hybridized carbons (Fsp3) is 0.200. The zero-order valence-corrected chi connectivity index (χ0v) is 11.8. The van der Waals surface area contributed by atoms with Crippen LogP contribution in [0.15, 0.2) is 47.4 Å². The van der Waals surface area contributed by atoms with Crippen molar-refractivity contribution >= 4 is 23.4 Å². The van der Waals surface area contributed by atoms with Crippen LogP contribution in [0.2, 0.25) is 5.02 Å². The summed E-state index contributed by atoms with van der Waals surface area (Å²) < 4.78 is 0. The summed E-state index contributed by atoms with van der Waals surface area (Å²) in [6.07, 6.45) is 0. The third-order valence-corrected chi connectivity index (χ3v) is 4.09. The van der Waals surface area contributed by atoms with Crippen LogP contribution in [-0.2, 0) is 12.4 Å². The summed E-state index contributed by atoms with van der Waals surface area (Å²) in [6, 6.07) is 14.1. The molecule has 0 aliphatic heterocycles. The van der Waals surface area contributed by atoms with Crippen molar-refractivity contribution in [2.75, 3.05) is 0 Å². The van der Waals surface area contributed by atoms with Gasteiger partial charge in [-0.1, -0.05) is 41.4 Å². The molecule has 1 nitrogen and oxygen atoms in total. The molecule has 0 heterocycles. The van der Waals surface area contributed by atoms with Crippen LogP contribution >= 0.6 is 23.4 Å². The van der Waals surface area contributed by atoms with Gasteiger partial charge in [0.2, 0.25) is 0 Å². The largest absolute Gasteiger partial charge is 0.392 e. The van der Waals surface area contributed by atoms with Crippen LogP contribution in [0.4, 0.5) is 0 Å². The Morgan fingerprint density at radius 1 is 1.17 bits per heavy atom. The molecular formula is C15H15ClOS. The SMILES string of the molecule is Cc1cccc(CSc2ccc(Cl)cc2CO)c1. The average molecular weight is 279 g/mol. The molecule has 0 atom stereocenters. The summed E-state index contributed by atoms with van der Waals surface area (Å²) in [6.45, 7) is 2.12. The van der Waals surface area contributed by atoms with E-state index < -0.39 is 0 Å². The van der Waals surface area contributed by atoms with Crippen LogP contribution in [0.5, 0.6) is 0 Å². The van der Waals surface area contributed by atoms with E-state index in [2.05, 4.69) is 31.2 Å². The molecule has 0 unspecified atom stereocenters. The van der Waals surface area contributed by atoms with Gasteiger partial charge in [0.05, 0.1) is 6.61 Å².